The smallest absolute Gasteiger partial charge is 0.312 e. The number of fused-ring (bicyclic) bond motifs is 3. The highest BCUT2D eigenvalue weighted by atomic mass is 16.5. The Kier molecular flexibility index (Phi) is 7.29. The molecule has 2 aromatic rings. The lowest BCUT2D eigenvalue weighted by atomic mass is 9.49. The number of anilines is 1. The number of nitrogens with one attached hydrogen (secondary N) is 1. The Morgan fingerprint density at radius 1 is 1.23 bits per heavy atom. The molecule has 2 aromatic carbocycles. The van der Waals surface area contributed by atoms with Crippen molar-refractivity contribution in [2.45, 2.75) is 77.2 Å². The Labute approximate surface area is 210 Å². The van der Waals surface area contributed by atoms with Crippen LogP contribution in [-0.4, -0.2) is 30.3 Å². The SMILES string of the molecule is C#Cc1cccc(NCC(O)COC(=O)[C@]2(C)CCC[C@]3(C)c4ccc(C(C)C)cc4CCC23)c1. The zero-order valence-electron chi connectivity index (χ0n) is 21.6. The fraction of sp³-hybridized carbons (Fsp3) is 0.516. The van der Waals surface area contributed by atoms with Gasteiger partial charge in [-0.1, -0.05) is 57.4 Å². The summed E-state index contributed by atoms with van der Waals surface area (Å²) in [4.78, 5) is 13.5. The first-order valence-electron chi connectivity index (χ1n) is 13.0. The first kappa shape index (κ1) is 25.3. The summed E-state index contributed by atoms with van der Waals surface area (Å²) >= 11 is 0. The molecule has 186 valence electrons. The second-order valence-electron chi connectivity index (χ2n) is 11.2. The van der Waals surface area contributed by atoms with E-state index in [2.05, 4.69) is 57.1 Å². The molecule has 35 heavy (non-hydrogen) atoms. The van der Waals surface area contributed by atoms with Crippen molar-refractivity contribution in [2.24, 2.45) is 11.3 Å². The number of aryl methyl sites for hydroxylation is 1. The highest BCUT2D eigenvalue weighted by Gasteiger charge is 2.55. The molecule has 4 nitrogen and oxygen atoms in total. The molecule has 2 aliphatic carbocycles. The number of carbonyl (C=O) groups excluding carboxylic acids is 1. The Morgan fingerprint density at radius 3 is 2.77 bits per heavy atom. The van der Waals surface area contributed by atoms with Gasteiger partial charge >= 0.3 is 5.97 Å². The van der Waals surface area contributed by atoms with E-state index in [0.29, 0.717) is 5.92 Å². The van der Waals surface area contributed by atoms with Gasteiger partial charge in [0.05, 0.1) is 5.41 Å². The molecule has 4 heteroatoms. The minimum atomic E-state index is -0.798. The van der Waals surface area contributed by atoms with Gasteiger partial charge in [-0.25, -0.2) is 0 Å². The Bertz CT molecular complexity index is 1120. The molecule has 0 spiro atoms. The first-order chi connectivity index (χ1) is 16.7. The largest absolute Gasteiger partial charge is 0.462 e. The van der Waals surface area contributed by atoms with E-state index in [9.17, 15) is 9.90 Å². The topological polar surface area (TPSA) is 58.6 Å². The van der Waals surface area contributed by atoms with Gasteiger partial charge in [0.25, 0.3) is 0 Å². The predicted octanol–water partition coefficient (Wildman–Crippen LogP) is 5.82. The molecular formula is C31H39NO3. The quantitative estimate of drug-likeness (QED) is 0.393. The standard InChI is InChI=1S/C31H39NO3/c1-6-22-9-7-10-25(17-22)32-19-26(33)20-35-29(34)31(5)16-8-15-30(4)27-13-11-23(21(2)3)18-24(27)12-14-28(30)31/h1,7,9-11,13,17-18,21,26,28,32-33H,8,12,14-16,19-20H2,2-5H3/t26?,28?,30-,31-/m1/s1. The van der Waals surface area contributed by atoms with Gasteiger partial charge in [0.2, 0.25) is 0 Å². The Morgan fingerprint density at radius 2 is 2.03 bits per heavy atom. The van der Waals surface area contributed by atoms with Crippen molar-refractivity contribution < 1.29 is 14.6 Å². The van der Waals surface area contributed by atoms with Gasteiger partial charge in [0.15, 0.2) is 0 Å². The van der Waals surface area contributed by atoms with Crippen molar-refractivity contribution in [3.8, 4) is 12.3 Å². The van der Waals surface area contributed by atoms with Crippen LogP contribution in [0.1, 0.15) is 81.5 Å². The lowest BCUT2D eigenvalue weighted by molar-refractivity contribution is -0.167. The number of carbonyl (C=O) groups is 1. The molecule has 1 saturated carbocycles. The summed E-state index contributed by atoms with van der Waals surface area (Å²) in [5.74, 6) is 3.17. The third kappa shape index (κ3) is 4.98. The van der Waals surface area contributed by atoms with Crippen LogP contribution in [0.2, 0.25) is 0 Å². The zero-order chi connectivity index (χ0) is 25.2. The van der Waals surface area contributed by atoms with Gasteiger partial charge in [0, 0.05) is 17.8 Å². The van der Waals surface area contributed by atoms with E-state index in [4.69, 9.17) is 11.2 Å². The third-order valence-corrected chi connectivity index (χ3v) is 8.49. The molecule has 4 atom stereocenters. The Hall–Kier alpha value is -2.77. The third-order valence-electron chi connectivity index (χ3n) is 8.49. The highest BCUT2D eigenvalue weighted by Crippen LogP contribution is 2.57. The summed E-state index contributed by atoms with van der Waals surface area (Å²) in [6.07, 6.45) is 9.58. The monoisotopic (exact) mass is 473 g/mol. The predicted molar refractivity (Wildman–Crippen MR) is 141 cm³/mol. The normalized spacial score (nSPS) is 26.3. The molecule has 0 aliphatic heterocycles. The number of terminal acetylenes is 1. The molecule has 2 aliphatic rings. The van der Waals surface area contributed by atoms with E-state index < -0.39 is 11.5 Å². The molecule has 1 fully saturated rings. The van der Waals surface area contributed by atoms with Gasteiger partial charge in [0.1, 0.15) is 12.7 Å². The molecule has 0 saturated heterocycles. The van der Waals surface area contributed by atoms with Crippen LogP contribution in [0.3, 0.4) is 0 Å². The van der Waals surface area contributed by atoms with Crippen LogP contribution in [0, 0.1) is 23.7 Å². The van der Waals surface area contributed by atoms with Crippen LogP contribution in [0.25, 0.3) is 0 Å². The van der Waals surface area contributed by atoms with Crippen molar-refractivity contribution in [2.75, 3.05) is 18.5 Å². The van der Waals surface area contributed by atoms with Gasteiger partial charge in [-0.05, 0) is 84.7 Å². The fourth-order valence-corrected chi connectivity index (χ4v) is 6.47. The van der Waals surface area contributed by atoms with Crippen molar-refractivity contribution in [1.29, 1.82) is 0 Å². The Balaban J connectivity index is 1.42. The molecule has 0 aromatic heterocycles. The number of esters is 1. The number of aliphatic hydroxyl groups excluding tert-OH is 1. The van der Waals surface area contributed by atoms with Crippen molar-refractivity contribution in [1.82, 2.24) is 0 Å². The minimum absolute atomic E-state index is 0.0198. The summed E-state index contributed by atoms with van der Waals surface area (Å²) < 4.78 is 5.75. The van der Waals surface area contributed by atoms with Crippen LogP contribution >= 0.6 is 0 Å². The van der Waals surface area contributed by atoms with Crippen LogP contribution in [0.5, 0.6) is 0 Å². The molecule has 0 radical (unpaired) electrons. The molecule has 2 N–H and O–H groups in total. The van der Waals surface area contributed by atoms with E-state index in [1.54, 1.807) is 0 Å². The lowest BCUT2D eigenvalue weighted by Crippen LogP contribution is -2.53. The van der Waals surface area contributed by atoms with E-state index in [0.717, 1.165) is 43.4 Å². The van der Waals surface area contributed by atoms with Gasteiger partial charge in [-0.15, -0.1) is 6.42 Å². The average molecular weight is 474 g/mol. The molecule has 0 amide bonds. The molecule has 0 heterocycles. The van der Waals surface area contributed by atoms with Crippen LogP contribution in [-0.2, 0) is 21.4 Å². The average Bonchev–Trinajstić information content (AvgIpc) is 2.85. The maximum atomic E-state index is 13.5. The van der Waals surface area contributed by atoms with Crippen molar-refractivity contribution >= 4 is 11.7 Å². The zero-order valence-corrected chi connectivity index (χ0v) is 21.6. The van der Waals surface area contributed by atoms with Crippen LogP contribution < -0.4 is 5.32 Å². The fourth-order valence-electron chi connectivity index (χ4n) is 6.47. The number of ether oxygens (including phenoxy) is 1. The summed E-state index contributed by atoms with van der Waals surface area (Å²) in [6, 6.07) is 14.4. The maximum Gasteiger partial charge on any atom is 0.312 e. The lowest BCUT2D eigenvalue weighted by Gasteiger charge is -2.54. The van der Waals surface area contributed by atoms with Gasteiger partial charge < -0.3 is 15.2 Å². The number of aliphatic hydroxyl groups is 1. The maximum absolute atomic E-state index is 13.5. The van der Waals surface area contributed by atoms with E-state index >= 15 is 0 Å². The minimum Gasteiger partial charge on any atom is -0.462 e. The molecule has 2 unspecified atom stereocenters. The molecule has 4 rings (SSSR count). The summed E-state index contributed by atoms with van der Waals surface area (Å²) in [7, 11) is 0. The highest BCUT2D eigenvalue weighted by molar-refractivity contribution is 5.77. The number of hydrogen-bond donors (Lipinski definition) is 2. The molecular weight excluding hydrogens is 434 g/mol. The van der Waals surface area contributed by atoms with E-state index in [-0.39, 0.29) is 30.5 Å². The summed E-state index contributed by atoms with van der Waals surface area (Å²) in [5.41, 5.74) is 5.28. The van der Waals surface area contributed by atoms with E-state index in [1.165, 1.54) is 16.7 Å². The number of benzene rings is 2. The van der Waals surface area contributed by atoms with Crippen molar-refractivity contribution in [3.05, 3.63) is 64.7 Å². The molecule has 0 bridgehead atoms. The number of rotatable bonds is 7. The van der Waals surface area contributed by atoms with Crippen LogP contribution in [0.15, 0.2) is 42.5 Å². The van der Waals surface area contributed by atoms with Crippen LogP contribution in [0.4, 0.5) is 5.69 Å². The summed E-state index contributed by atoms with van der Waals surface area (Å²) in [5, 5.41) is 13.6. The first-order valence-corrected chi connectivity index (χ1v) is 13.0. The van der Waals surface area contributed by atoms with E-state index in [1.807, 2.05) is 24.3 Å². The second kappa shape index (κ2) is 10.1. The van der Waals surface area contributed by atoms with Crippen molar-refractivity contribution in [3.63, 3.8) is 0 Å². The summed E-state index contributed by atoms with van der Waals surface area (Å²) in [6.45, 7) is 9.17. The number of hydrogen-bond acceptors (Lipinski definition) is 4. The second-order valence-corrected chi connectivity index (χ2v) is 11.2. The van der Waals surface area contributed by atoms with Gasteiger partial charge in [-0.2, -0.15) is 0 Å². The van der Waals surface area contributed by atoms with Gasteiger partial charge in [-0.3, -0.25) is 4.79 Å².